The molecule has 26 heavy (non-hydrogen) atoms. The van der Waals surface area contributed by atoms with Crippen molar-refractivity contribution in [3.05, 3.63) is 52.3 Å². The maximum absolute atomic E-state index is 12.8. The van der Waals surface area contributed by atoms with Crippen molar-refractivity contribution in [3.63, 3.8) is 0 Å². The Morgan fingerprint density at radius 2 is 2.04 bits per heavy atom. The van der Waals surface area contributed by atoms with E-state index in [4.69, 9.17) is 9.47 Å². The first-order chi connectivity index (χ1) is 12.5. The van der Waals surface area contributed by atoms with Crippen molar-refractivity contribution in [2.45, 2.75) is 6.92 Å². The van der Waals surface area contributed by atoms with Crippen LogP contribution in [0.3, 0.4) is 0 Å². The molecule has 0 aliphatic carbocycles. The average molecular weight is 424 g/mol. The fourth-order valence-corrected chi connectivity index (χ4v) is 2.71. The number of benzene rings is 2. The summed E-state index contributed by atoms with van der Waals surface area (Å²) in [5, 5.41) is 6.80. The van der Waals surface area contributed by atoms with Gasteiger partial charge in [-0.3, -0.25) is 4.79 Å². The summed E-state index contributed by atoms with van der Waals surface area (Å²) in [5.74, 6) is 0.511. The number of hydrogen-bond donors (Lipinski definition) is 2. The Morgan fingerprint density at radius 1 is 1.31 bits per heavy atom. The van der Waals surface area contributed by atoms with Gasteiger partial charge in [-0.2, -0.15) is 5.10 Å². The molecule has 0 fully saturated rings. The molecular formula is C18H19BrFN3O3. The fourth-order valence-electron chi connectivity index (χ4n) is 2.09. The SMILES string of the molecule is CCOc1cc(/C=N\NC(=O)CNc2ccc(F)cc2)cc(Br)c1OC. The highest BCUT2D eigenvalue weighted by Gasteiger charge is 2.10. The molecule has 0 heterocycles. The van der Waals surface area contributed by atoms with Crippen molar-refractivity contribution in [1.82, 2.24) is 5.43 Å². The number of nitrogens with one attached hydrogen (secondary N) is 2. The quantitative estimate of drug-likeness (QED) is 0.502. The second kappa shape index (κ2) is 9.76. The summed E-state index contributed by atoms with van der Waals surface area (Å²) < 4.78 is 24.4. The first-order valence-electron chi connectivity index (χ1n) is 7.85. The number of amides is 1. The van der Waals surface area contributed by atoms with Gasteiger partial charge in [0, 0.05) is 5.69 Å². The van der Waals surface area contributed by atoms with Crippen LogP contribution in [0.5, 0.6) is 11.5 Å². The van der Waals surface area contributed by atoms with Crippen molar-refractivity contribution in [2.75, 3.05) is 25.6 Å². The molecule has 0 unspecified atom stereocenters. The van der Waals surface area contributed by atoms with E-state index in [1.165, 1.54) is 18.3 Å². The molecule has 0 aromatic heterocycles. The minimum atomic E-state index is -0.332. The number of nitrogens with zero attached hydrogens (tertiary/aromatic N) is 1. The van der Waals surface area contributed by atoms with Gasteiger partial charge in [0.2, 0.25) is 0 Å². The first kappa shape index (κ1) is 19.7. The van der Waals surface area contributed by atoms with E-state index in [1.807, 2.05) is 6.92 Å². The Balaban J connectivity index is 1.92. The summed E-state index contributed by atoms with van der Waals surface area (Å²) in [6.07, 6.45) is 1.50. The number of methoxy groups -OCH3 is 1. The molecule has 0 aliphatic heterocycles. The number of carbonyl (C=O) groups is 1. The van der Waals surface area contributed by atoms with Gasteiger partial charge in [-0.25, -0.2) is 9.82 Å². The monoisotopic (exact) mass is 423 g/mol. The predicted molar refractivity (Wildman–Crippen MR) is 102 cm³/mol. The van der Waals surface area contributed by atoms with Crippen molar-refractivity contribution in [1.29, 1.82) is 0 Å². The summed E-state index contributed by atoms with van der Waals surface area (Å²) >= 11 is 3.41. The molecular weight excluding hydrogens is 405 g/mol. The van der Waals surface area contributed by atoms with Crippen LogP contribution in [0.4, 0.5) is 10.1 Å². The van der Waals surface area contributed by atoms with Gasteiger partial charge in [0.25, 0.3) is 5.91 Å². The normalized spacial score (nSPS) is 10.6. The molecule has 2 aromatic rings. The number of ether oxygens (including phenoxy) is 2. The molecule has 2 rings (SSSR count). The summed E-state index contributed by atoms with van der Waals surface area (Å²) in [6, 6.07) is 9.30. The Morgan fingerprint density at radius 3 is 2.69 bits per heavy atom. The maximum atomic E-state index is 12.8. The smallest absolute Gasteiger partial charge is 0.259 e. The molecule has 0 bridgehead atoms. The summed E-state index contributed by atoms with van der Waals surface area (Å²) in [4.78, 5) is 11.8. The highest BCUT2D eigenvalue weighted by Crippen LogP contribution is 2.36. The van der Waals surface area contributed by atoms with E-state index in [1.54, 1.807) is 31.4 Å². The van der Waals surface area contributed by atoms with Crippen molar-refractivity contribution < 1.29 is 18.7 Å². The molecule has 2 N–H and O–H groups in total. The molecule has 0 saturated carbocycles. The Hall–Kier alpha value is -2.61. The van der Waals surface area contributed by atoms with Crippen LogP contribution in [0.15, 0.2) is 46.0 Å². The maximum Gasteiger partial charge on any atom is 0.259 e. The van der Waals surface area contributed by atoms with Gasteiger partial charge in [0.05, 0.1) is 30.9 Å². The fraction of sp³-hybridized carbons (Fsp3) is 0.222. The van der Waals surface area contributed by atoms with Crippen LogP contribution >= 0.6 is 15.9 Å². The molecule has 6 nitrogen and oxygen atoms in total. The topological polar surface area (TPSA) is 72.0 Å². The lowest BCUT2D eigenvalue weighted by Crippen LogP contribution is -2.25. The number of hydrogen-bond acceptors (Lipinski definition) is 5. The second-order valence-electron chi connectivity index (χ2n) is 5.12. The Labute approximate surface area is 159 Å². The van der Waals surface area contributed by atoms with Crippen LogP contribution < -0.4 is 20.2 Å². The van der Waals surface area contributed by atoms with Gasteiger partial charge >= 0.3 is 0 Å². The van der Waals surface area contributed by atoms with Crippen molar-refractivity contribution >= 4 is 33.7 Å². The van der Waals surface area contributed by atoms with Crippen molar-refractivity contribution in [3.8, 4) is 11.5 Å². The second-order valence-corrected chi connectivity index (χ2v) is 5.98. The van der Waals surface area contributed by atoms with E-state index in [-0.39, 0.29) is 18.3 Å². The van der Waals surface area contributed by atoms with E-state index < -0.39 is 0 Å². The Bertz CT molecular complexity index is 782. The van der Waals surface area contributed by atoms with Crippen LogP contribution in [-0.4, -0.2) is 32.4 Å². The minimum Gasteiger partial charge on any atom is -0.492 e. The zero-order valence-corrected chi connectivity index (χ0v) is 16.0. The van der Waals surface area contributed by atoms with Gasteiger partial charge in [0.15, 0.2) is 11.5 Å². The largest absolute Gasteiger partial charge is 0.492 e. The lowest BCUT2D eigenvalue weighted by Gasteiger charge is -2.11. The number of carbonyl (C=O) groups excluding carboxylic acids is 1. The summed E-state index contributed by atoms with van der Waals surface area (Å²) in [5.41, 5.74) is 3.79. The lowest BCUT2D eigenvalue weighted by molar-refractivity contribution is -0.119. The lowest BCUT2D eigenvalue weighted by atomic mass is 10.2. The van der Waals surface area contributed by atoms with Gasteiger partial charge < -0.3 is 14.8 Å². The molecule has 0 radical (unpaired) electrons. The van der Waals surface area contributed by atoms with E-state index in [2.05, 4.69) is 31.8 Å². The molecule has 138 valence electrons. The zero-order chi connectivity index (χ0) is 18.9. The van der Waals surface area contributed by atoms with E-state index in [0.717, 1.165) is 10.0 Å². The van der Waals surface area contributed by atoms with Gasteiger partial charge in [0.1, 0.15) is 5.82 Å². The third kappa shape index (κ3) is 5.73. The standard InChI is InChI=1S/C18H19BrFN3O3/c1-3-26-16-9-12(8-15(19)18(16)25-2)10-22-23-17(24)11-21-14-6-4-13(20)5-7-14/h4-10,21H,3,11H2,1-2H3,(H,23,24)/b22-10-. The van der Waals surface area contributed by atoms with Crippen LogP contribution in [0.2, 0.25) is 0 Å². The third-order valence-corrected chi connectivity index (χ3v) is 3.83. The molecule has 1 amide bonds. The van der Waals surface area contributed by atoms with E-state index >= 15 is 0 Å². The van der Waals surface area contributed by atoms with E-state index in [0.29, 0.717) is 23.8 Å². The molecule has 0 saturated heterocycles. The third-order valence-electron chi connectivity index (χ3n) is 3.24. The number of rotatable bonds is 8. The zero-order valence-electron chi connectivity index (χ0n) is 14.4. The van der Waals surface area contributed by atoms with Crippen LogP contribution in [0.25, 0.3) is 0 Å². The summed E-state index contributed by atoms with van der Waals surface area (Å²) in [7, 11) is 1.56. The van der Waals surface area contributed by atoms with Crippen LogP contribution in [-0.2, 0) is 4.79 Å². The first-order valence-corrected chi connectivity index (χ1v) is 8.64. The molecule has 0 aliphatic rings. The average Bonchev–Trinajstić information content (AvgIpc) is 2.61. The summed E-state index contributed by atoms with van der Waals surface area (Å²) in [6.45, 7) is 2.39. The number of hydrazone groups is 1. The number of anilines is 1. The van der Waals surface area contributed by atoms with Crippen LogP contribution in [0.1, 0.15) is 12.5 Å². The Kier molecular flexibility index (Phi) is 7.40. The highest BCUT2D eigenvalue weighted by atomic mass is 79.9. The van der Waals surface area contributed by atoms with Gasteiger partial charge in [-0.15, -0.1) is 0 Å². The van der Waals surface area contributed by atoms with Crippen molar-refractivity contribution in [2.24, 2.45) is 5.10 Å². The minimum absolute atomic E-state index is 0.0134. The van der Waals surface area contributed by atoms with Crippen LogP contribution in [0, 0.1) is 5.82 Å². The number of halogens is 2. The molecule has 0 spiro atoms. The molecule has 2 aromatic carbocycles. The van der Waals surface area contributed by atoms with Gasteiger partial charge in [-0.05, 0) is 64.8 Å². The predicted octanol–water partition coefficient (Wildman–Crippen LogP) is 3.56. The molecule has 0 atom stereocenters. The highest BCUT2D eigenvalue weighted by molar-refractivity contribution is 9.10. The van der Waals surface area contributed by atoms with Gasteiger partial charge in [-0.1, -0.05) is 0 Å². The van der Waals surface area contributed by atoms with E-state index in [9.17, 15) is 9.18 Å². The molecule has 8 heteroatoms.